The van der Waals surface area contributed by atoms with Crippen LogP contribution in [0.5, 0.6) is 0 Å². The van der Waals surface area contributed by atoms with Crippen molar-refractivity contribution in [3.8, 4) is 33.4 Å². The normalized spacial score (nSPS) is 12.2. The lowest BCUT2D eigenvalue weighted by molar-refractivity contribution is 0.793. The maximum Gasteiger partial charge on any atom is 0.0727 e. The number of aryl methyl sites for hydroxylation is 2. The molecule has 0 heterocycles. The van der Waals surface area contributed by atoms with Crippen molar-refractivity contribution in [3.05, 3.63) is 396 Å². The van der Waals surface area contributed by atoms with E-state index in [-0.39, 0.29) is 0 Å². The predicted molar refractivity (Wildman–Crippen MR) is 386 cm³/mol. The Hall–Kier alpha value is -11.7. The first-order valence-corrected chi connectivity index (χ1v) is 31.8. The summed E-state index contributed by atoms with van der Waals surface area (Å²) in [4.78, 5) is 9.55. The highest BCUT2D eigenvalue weighted by atomic mass is 15.2. The van der Waals surface area contributed by atoms with E-state index in [2.05, 4.69) is 385 Å². The maximum absolute atomic E-state index is 2.50. The van der Waals surface area contributed by atoms with Crippen LogP contribution in [0.1, 0.15) is 44.5 Å². The zero-order chi connectivity index (χ0) is 61.5. The van der Waals surface area contributed by atoms with E-state index in [0.29, 0.717) is 0 Å². The molecule has 0 fully saturated rings. The Labute approximate surface area is 540 Å². The van der Waals surface area contributed by atoms with Gasteiger partial charge < -0.3 is 19.6 Å². The molecule has 1 spiro atoms. The molecule has 2 aliphatic rings. The fourth-order valence-corrected chi connectivity index (χ4v) is 14.5. The molecule has 2 aliphatic carbocycles. The number of para-hydroxylation sites is 4. The molecule has 0 aliphatic heterocycles. The van der Waals surface area contributed by atoms with Gasteiger partial charge in [0.2, 0.25) is 0 Å². The third kappa shape index (κ3) is 9.99. The van der Waals surface area contributed by atoms with Crippen LogP contribution in [0.15, 0.2) is 352 Å². The second-order valence-electron chi connectivity index (χ2n) is 24.3. The van der Waals surface area contributed by atoms with E-state index in [4.69, 9.17) is 0 Å². The van der Waals surface area contributed by atoms with E-state index in [9.17, 15) is 0 Å². The quantitative estimate of drug-likeness (QED) is 0.101. The van der Waals surface area contributed by atoms with Crippen molar-refractivity contribution in [3.63, 3.8) is 0 Å². The van der Waals surface area contributed by atoms with E-state index in [0.717, 1.165) is 85.8 Å². The molecule has 4 heteroatoms. The minimum Gasteiger partial charge on any atom is -0.310 e. The highest BCUT2D eigenvalue weighted by Crippen LogP contribution is 2.64. The summed E-state index contributed by atoms with van der Waals surface area (Å²) < 4.78 is 0. The van der Waals surface area contributed by atoms with Gasteiger partial charge in [-0.05, 0) is 244 Å². The van der Waals surface area contributed by atoms with Gasteiger partial charge in [-0.3, -0.25) is 0 Å². The number of benzene rings is 14. The van der Waals surface area contributed by atoms with E-state index in [1.165, 1.54) is 66.8 Å². The van der Waals surface area contributed by atoms with Gasteiger partial charge in [-0.15, -0.1) is 0 Å². The molecule has 92 heavy (non-hydrogen) atoms. The van der Waals surface area contributed by atoms with Crippen LogP contribution >= 0.6 is 0 Å². The molecule has 0 amide bonds. The zero-order valence-electron chi connectivity index (χ0n) is 51.5. The van der Waals surface area contributed by atoms with Crippen LogP contribution in [0.25, 0.3) is 33.4 Å². The Morgan fingerprint density at radius 1 is 0.207 bits per heavy atom. The first-order valence-electron chi connectivity index (χ1n) is 31.8. The van der Waals surface area contributed by atoms with Crippen LogP contribution < -0.4 is 19.6 Å². The van der Waals surface area contributed by atoms with Crippen LogP contribution in [0.2, 0.25) is 0 Å². The highest BCUT2D eigenvalue weighted by molar-refractivity contribution is 5.98. The molecular formula is C88H66N4. The minimum absolute atomic E-state index is 0.593. The lowest BCUT2D eigenvalue weighted by Gasteiger charge is -2.33. The van der Waals surface area contributed by atoms with Gasteiger partial charge in [0.05, 0.1) is 5.41 Å². The van der Waals surface area contributed by atoms with Gasteiger partial charge >= 0.3 is 0 Å². The molecule has 16 rings (SSSR count). The van der Waals surface area contributed by atoms with Crippen LogP contribution in [-0.2, 0) is 11.8 Å². The number of hydrogen-bond donors (Lipinski definition) is 0. The predicted octanol–water partition coefficient (Wildman–Crippen LogP) is 23.8. The molecule has 14 aromatic rings. The molecule has 0 aromatic heterocycles. The summed E-state index contributed by atoms with van der Waals surface area (Å²) in [5, 5.41) is 0. The number of anilines is 12. The summed E-state index contributed by atoms with van der Waals surface area (Å²) in [7, 11) is 0. The average Bonchev–Trinajstić information content (AvgIpc) is 1.51. The van der Waals surface area contributed by atoms with E-state index >= 15 is 0 Å². The van der Waals surface area contributed by atoms with Gasteiger partial charge in [0.1, 0.15) is 0 Å². The number of rotatable bonds is 15. The van der Waals surface area contributed by atoms with Gasteiger partial charge in [-0.2, -0.15) is 0 Å². The second kappa shape index (κ2) is 23.7. The molecule has 0 atom stereocenters. The first-order chi connectivity index (χ1) is 45.4. The van der Waals surface area contributed by atoms with E-state index < -0.39 is 5.41 Å². The van der Waals surface area contributed by atoms with Crippen molar-refractivity contribution >= 4 is 68.2 Å². The van der Waals surface area contributed by atoms with E-state index in [1.807, 2.05) is 0 Å². The summed E-state index contributed by atoms with van der Waals surface area (Å²) in [6.45, 7) is 4.32. The maximum atomic E-state index is 2.50. The zero-order valence-corrected chi connectivity index (χ0v) is 51.5. The standard InChI is InChI=1S/C88H66N4/c1-62-23-19-35-74(55-62)89(68-27-7-3-8-28-68)72-47-43-66(44-48-72)67-45-49-73(50-46-67)90(69-29-9-4-10-30-69)76-37-21-25-64(58-76)57-65-26-22-38-77(59-65)92(71-33-13-6-14-34-71)79-52-54-83-82-53-51-78(91(70-31-11-5-12-32-70)75-36-20-24-63(2)56-75)60-86(82)88(87(83)61-79)84-41-17-15-39-80(84)81-40-16-18-42-85(81)88/h3-56,58-61H,57H2,1-2H3. The molecule has 4 nitrogen and oxygen atoms in total. The van der Waals surface area contributed by atoms with Crippen molar-refractivity contribution < 1.29 is 0 Å². The molecule has 0 unspecified atom stereocenters. The molecular weight excluding hydrogens is 1110 g/mol. The topological polar surface area (TPSA) is 13.0 Å². The molecule has 14 aromatic carbocycles. The Balaban J connectivity index is 0.742. The number of nitrogens with zero attached hydrogens (tertiary/aromatic N) is 4. The van der Waals surface area contributed by atoms with Crippen LogP contribution in [-0.4, -0.2) is 0 Å². The summed E-state index contributed by atoms with van der Waals surface area (Å²) in [5.74, 6) is 0. The van der Waals surface area contributed by atoms with Crippen molar-refractivity contribution in [1.82, 2.24) is 0 Å². The highest BCUT2D eigenvalue weighted by Gasteiger charge is 2.52. The van der Waals surface area contributed by atoms with Gasteiger partial charge in [0.15, 0.2) is 0 Å². The lowest BCUT2D eigenvalue weighted by atomic mass is 9.70. The Morgan fingerprint density at radius 2 is 0.478 bits per heavy atom. The molecule has 0 radical (unpaired) electrons. The number of hydrogen-bond acceptors (Lipinski definition) is 4. The van der Waals surface area contributed by atoms with Gasteiger partial charge in [-0.25, -0.2) is 0 Å². The smallest absolute Gasteiger partial charge is 0.0727 e. The molecule has 0 bridgehead atoms. The van der Waals surface area contributed by atoms with Crippen LogP contribution in [0.4, 0.5) is 68.2 Å². The number of fused-ring (bicyclic) bond motifs is 10. The fourth-order valence-electron chi connectivity index (χ4n) is 14.5. The Bertz CT molecular complexity index is 4940. The second-order valence-corrected chi connectivity index (χ2v) is 24.3. The third-order valence-electron chi connectivity index (χ3n) is 18.5. The summed E-state index contributed by atoms with van der Waals surface area (Å²) in [5.41, 5.74) is 30.2. The van der Waals surface area contributed by atoms with Crippen molar-refractivity contribution in [2.45, 2.75) is 25.7 Å². The summed E-state index contributed by atoms with van der Waals surface area (Å²) >= 11 is 0. The van der Waals surface area contributed by atoms with Gasteiger partial charge in [0, 0.05) is 68.2 Å². The van der Waals surface area contributed by atoms with Crippen molar-refractivity contribution in [2.75, 3.05) is 19.6 Å². The largest absolute Gasteiger partial charge is 0.310 e. The monoisotopic (exact) mass is 1180 g/mol. The van der Waals surface area contributed by atoms with E-state index in [1.54, 1.807) is 0 Å². The Kier molecular flexibility index (Phi) is 14.3. The van der Waals surface area contributed by atoms with Gasteiger partial charge in [0.25, 0.3) is 0 Å². The van der Waals surface area contributed by atoms with Crippen LogP contribution in [0.3, 0.4) is 0 Å². The fraction of sp³-hybridized carbons (Fsp3) is 0.0455. The van der Waals surface area contributed by atoms with Gasteiger partial charge in [-0.1, -0.05) is 206 Å². The first kappa shape index (κ1) is 55.6. The van der Waals surface area contributed by atoms with Crippen LogP contribution in [0, 0.1) is 13.8 Å². The summed E-state index contributed by atoms with van der Waals surface area (Å²) in [6, 6.07) is 129. The van der Waals surface area contributed by atoms with Crippen molar-refractivity contribution in [1.29, 1.82) is 0 Å². The van der Waals surface area contributed by atoms with Crippen molar-refractivity contribution in [2.24, 2.45) is 0 Å². The summed E-state index contributed by atoms with van der Waals surface area (Å²) in [6.07, 6.45) is 0.745. The molecule has 0 N–H and O–H groups in total. The average molecular weight is 1180 g/mol. The molecule has 0 saturated carbocycles. The lowest BCUT2D eigenvalue weighted by Crippen LogP contribution is -2.26. The third-order valence-corrected chi connectivity index (χ3v) is 18.5. The molecule has 0 saturated heterocycles. The Morgan fingerprint density at radius 3 is 0.848 bits per heavy atom. The molecule has 438 valence electrons. The minimum atomic E-state index is -0.593. The SMILES string of the molecule is Cc1cccc(N(c2ccccc2)c2ccc(-c3ccc(N(c4ccccc4)c4cccc(Cc5cccc(N(c6ccccc6)c6ccc7c(c6)C6(c8ccccc8-c8ccccc86)c6cc(N(c8ccccc8)c8cccc(C)c8)ccc6-7)c5)c4)cc3)cc2)c1.